The number of amides is 1. The van der Waals surface area contributed by atoms with E-state index in [4.69, 9.17) is 0 Å². The first kappa shape index (κ1) is 15.6. The molecule has 5 nitrogen and oxygen atoms in total. The van der Waals surface area contributed by atoms with Crippen LogP contribution in [-0.4, -0.2) is 46.5 Å². The van der Waals surface area contributed by atoms with Gasteiger partial charge in [0.2, 0.25) is 11.9 Å². The van der Waals surface area contributed by atoms with Gasteiger partial charge in [0.1, 0.15) is 0 Å². The van der Waals surface area contributed by atoms with Gasteiger partial charge in [-0.1, -0.05) is 0 Å². The van der Waals surface area contributed by atoms with E-state index in [0.29, 0.717) is 5.91 Å². The minimum atomic E-state index is -0.0194. The average molecular weight is 340 g/mol. The largest absolute Gasteiger partial charge is 0.337 e. The number of carbonyl (C=O) groups excluding carboxylic acids is 1. The molecule has 4 bridgehead atoms. The predicted molar refractivity (Wildman–Crippen MR) is 96.0 cm³/mol. The second kappa shape index (κ2) is 5.68. The van der Waals surface area contributed by atoms with Crippen molar-refractivity contribution in [2.24, 2.45) is 23.2 Å². The van der Waals surface area contributed by atoms with Crippen LogP contribution in [0.15, 0.2) is 18.5 Å². The van der Waals surface area contributed by atoms with E-state index < -0.39 is 0 Å². The molecule has 0 unspecified atom stereocenters. The van der Waals surface area contributed by atoms with Gasteiger partial charge in [0.25, 0.3) is 0 Å². The van der Waals surface area contributed by atoms with Gasteiger partial charge in [-0.15, -0.1) is 0 Å². The monoisotopic (exact) mass is 340 g/mol. The minimum absolute atomic E-state index is 0.0194. The van der Waals surface area contributed by atoms with Crippen LogP contribution in [-0.2, 0) is 4.79 Å². The van der Waals surface area contributed by atoms with E-state index in [2.05, 4.69) is 26.7 Å². The van der Waals surface area contributed by atoms with Crippen LogP contribution in [0.1, 0.15) is 45.4 Å². The molecule has 134 valence electrons. The Morgan fingerprint density at radius 3 is 2.20 bits per heavy atom. The van der Waals surface area contributed by atoms with Gasteiger partial charge in [-0.05, 0) is 69.3 Å². The highest BCUT2D eigenvalue weighted by Gasteiger charge is 2.56. The number of hydrogen-bond donors (Lipinski definition) is 0. The zero-order valence-electron chi connectivity index (χ0n) is 15.1. The normalized spacial score (nSPS) is 39.7. The highest BCUT2D eigenvalue weighted by atomic mass is 16.2. The zero-order valence-corrected chi connectivity index (χ0v) is 15.1. The molecule has 6 rings (SSSR count). The van der Waals surface area contributed by atoms with Crippen LogP contribution in [0, 0.1) is 23.2 Å². The summed E-state index contributed by atoms with van der Waals surface area (Å²) in [5.74, 6) is 3.72. The van der Waals surface area contributed by atoms with Crippen LogP contribution in [0.3, 0.4) is 0 Å². The summed E-state index contributed by atoms with van der Waals surface area (Å²) in [5.41, 5.74) is -0.0194. The Morgan fingerprint density at radius 1 is 1.04 bits per heavy atom. The number of aromatic nitrogens is 2. The van der Waals surface area contributed by atoms with E-state index in [1.165, 1.54) is 19.3 Å². The lowest BCUT2D eigenvalue weighted by Gasteiger charge is -2.57. The molecule has 1 amide bonds. The number of rotatable bonds is 2. The predicted octanol–water partition coefficient (Wildman–Crippen LogP) is 2.73. The number of hydrogen-bond acceptors (Lipinski definition) is 4. The Morgan fingerprint density at radius 2 is 1.64 bits per heavy atom. The molecule has 1 atom stereocenters. The molecule has 1 aromatic heterocycles. The Bertz CT molecular complexity index is 626. The second-order valence-corrected chi connectivity index (χ2v) is 9.04. The molecule has 0 N–H and O–H groups in total. The molecule has 5 aliphatic rings. The second-order valence-electron chi connectivity index (χ2n) is 9.04. The maximum atomic E-state index is 13.6. The standard InChI is InChI=1S/C20H28N4O/c1-14-13-23(19-21-3-2-4-22-19)5-6-24(14)18(25)20-10-15-7-16(11-20)9-17(8-15)12-20/h2-4,14-17H,5-13H2,1H3/t14-,15?,16?,17?,20?/m1/s1. The molecule has 1 aliphatic heterocycles. The van der Waals surface area contributed by atoms with E-state index in [0.717, 1.165) is 62.6 Å². The molecule has 4 aliphatic carbocycles. The number of nitrogens with zero attached hydrogens (tertiary/aromatic N) is 4. The molecule has 5 heteroatoms. The zero-order chi connectivity index (χ0) is 17.0. The highest BCUT2D eigenvalue weighted by molar-refractivity contribution is 5.84. The van der Waals surface area contributed by atoms with Crippen LogP contribution in [0.2, 0.25) is 0 Å². The fourth-order valence-corrected chi connectivity index (χ4v) is 6.57. The van der Waals surface area contributed by atoms with E-state index >= 15 is 0 Å². The van der Waals surface area contributed by atoms with Crippen molar-refractivity contribution in [3.8, 4) is 0 Å². The first-order chi connectivity index (χ1) is 12.1. The summed E-state index contributed by atoms with van der Waals surface area (Å²) in [6.07, 6.45) is 11.2. The van der Waals surface area contributed by atoms with Crippen molar-refractivity contribution in [3.63, 3.8) is 0 Å². The van der Waals surface area contributed by atoms with Crippen molar-refractivity contribution < 1.29 is 4.79 Å². The first-order valence-electron chi connectivity index (χ1n) is 9.96. The number of piperazine rings is 1. The van der Waals surface area contributed by atoms with Gasteiger partial charge in [0.05, 0.1) is 5.41 Å². The van der Waals surface area contributed by atoms with E-state index in [1.54, 1.807) is 12.4 Å². The summed E-state index contributed by atoms with van der Waals surface area (Å²) >= 11 is 0. The third-order valence-electron chi connectivity index (χ3n) is 7.22. The van der Waals surface area contributed by atoms with Crippen LogP contribution < -0.4 is 4.90 Å². The summed E-state index contributed by atoms with van der Waals surface area (Å²) < 4.78 is 0. The molecule has 0 spiro atoms. The van der Waals surface area contributed by atoms with Gasteiger partial charge in [-0.3, -0.25) is 4.79 Å². The summed E-state index contributed by atoms with van der Waals surface area (Å²) in [6.45, 7) is 4.67. The lowest BCUT2D eigenvalue weighted by atomic mass is 9.49. The van der Waals surface area contributed by atoms with Crippen molar-refractivity contribution >= 4 is 11.9 Å². The van der Waals surface area contributed by atoms with E-state index in [9.17, 15) is 4.79 Å². The Kier molecular flexibility index (Phi) is 3.54. The summed E-state index contributed by atoms with van der Waals surface area (Å²) in [4.78, 5) is 26.7. The van der Waals surface area contributed by atoms with Crippen LogP contribution >= 0.6 is 0 Å². The molecule has 5 fully saturated rings. The van der Waals surface area contributed by atoms with Gasteiger partial charge in [-0.25, -0.2) is 9.97 Å². The maximum absolute atomic E-state index is 13.6. The van der Waals surface area contributed by atoms with Crippen molar-refractivity contribution in [2.45, 2.75) is 51.5 Å². The fraction of sp³-hybridized carbons (Fsp3) is 0.750. The molecular formula is C20H28N4O. The Labute approximate surface area is 149 Å². The molecular weight excluding hydrogens is 312 g/mol. The van der Waals surface area contributed by atoms with Crippen LogP contribution in [0.4, 0.5) is 5.95 Å². The van der Waals surface area contributed by atoms with E-state index in [1.807, 2.05) is 6.07 Å². The van der Waals surface area contributed by atoms with Crippen LogP contribution in [0.5, 0.6) is 0 Å². The molecule has 1 saturated heterocycles. The summed E-state index contributed by atoms with van der Waals surface area (Å²) in [7, 11) is 0. The number of anilines is 1. The van der Waals surface area contributed by atoms with Crippen molar-refractivity contribution in [1.82, 2.24) is 14.9 Å². The topological polar surface area (TPSA) is 49.3 Å². The Hall–Kier alpha value is -1.65. The first-order valence-corrected chi connectivity index (χ1v) is 9.96. The van der Waals surface area contributed by atoms with Crippen molar-refractivity contribution in [2.75, 3.05) is 24.5 Å². The molecule has 0 aromatic carbocycles. The van der Waals surface area contributed by atoms with Gasteiger partial charge in [0.15, 0.2) is 0 Å². The average Bonchev–Trinajstić information content (AvgIpc) is 2.61. The van der Waals surface area contributed by atoms with Crippen molar-refractivity contribution in [3.05, 3.63) is 18.5 Å². The summed E-state index contributed by atoms with van der Waals surface area (Å²) in [5, 5.41) is 0. The smallest absolute Gasteiger partial charge is 0.229 e. The third kappa shape index (κ3) is 2.54. The molecule has 1 aromatic rings. The van der Waals surface area contributed by atoms with Crippen LogP contribution in [0.25, 0.3) is 0 Å². The lowest BCUT2D eigenvalue weighted by Crippen LogP contribution is -2.61. The molecule has 25 heavy (non-hydrogen) atoms. The number of carbonyl (C=O) groups is 1. The molecule has 4 saturated carbocycles. The fourth-order valence-electron chi connectivity index (χ4n) is 6.57. The Balaban J connectivity index is 1.32. The third-order valence-corrected chi connectivity index (χ3v) is 7.22. The molecule has 0 radical (unpaired) electrons. The highest BCUT2D eigenvalue weighted by Crippen LogP contribution is 2.60. The van der Waals surface area contributed by atoms with E-state index in [-0.39, 0.29) is 11.5 Å². The van der Waals surface area contributed by atoms with Gasteiger partial charge in [-0.2, -0.15) is 0 Å². The van der Waals surface area contributed by atoms with Crippen molar-refractivity contribution in [1.29, 1.82) is 0 Å². The maximum Gasteiger partial charge on any atom is 0.229 e. The van der Waals surface area contributed by atoms with Gasteiger partial charge in [0, 0.05) is 38.1 Å². The molecule has 2 heterocycles. The quantitative estimate of drug-likeness (QED) is 0.831. The van der Waals surface area contributed by atoms with Gasteiger partial charge >= 0.3 is 0 Å². The van der Waals surface area contributed by atoms with Gasteiger partial charge < -0.3 is 9.80 Å². The lowest BCUT2D eigenvalue weighted by molar-refractivity contribution is -0.160. The SMILES string of the molecule is C[C@@H]1CN(c2ncccn2)CCN1C(=O)C12CC3CC(CC(C3)C1)C2. The summed E-state index contributed by atoms with van der Waals surface area (Å²) in [6, 6.07) is 2.08. The minimum Gasteiger partial charge on any atom is -0.337 e.